The minimum atomic E-state index is -0.792. The highest BCUT2D eigenvalue weighted by Gasteiger charge is 2.15. The van der Waals surface area contributed by atoms with Crippen LogP contribution >= 0.6 is 0 Å². The van der Waals surface area contributed by atoms with Crippen LogP contribution in [0.15, 0.2) is 78.9 Å². The van der Waals surface area contributed by atoms with Crippen LogP contribution in [0.25, 0.3) is 0 Å². The van der Waals surface area contributed by atoms with Gasteiger partial charge in [0, 0.05) is 12.2 Å². The molecule has 2 amide bonds. The summed E-state index contributed by atoms with van der Waals surface area (Å²) in [7, 11) is 0. The zero-order chi connectivity index (χ0) is 20.5. The summed E-state index contributed by atoms with van der Waals surface area (Å²) in [5.74, 6) is -1.50. The number of carbonyl (C=O) groups excluding carboxylic acids is 2. The Kier molecular flexibility index (Phi) is 6.95. The summed E-state index contributed by atoms with van der Waals surface area (Å²) < 4.78 is 19.2. The van der Waals surface area contributed by atoms with Crippen LogP contribution in [-0.2, 0) is 17.8 Å². The third-order valence-corrected chi connectivity index (χ3v) is 4.20. The molecule has 0 fully saturated rings. The van der Waals surface area contributed by atoms with Gasteiger partial charge in [-0.05, 0) is 35.7 Å². The molecule has 0 aliphatic rings. The lowest BCUT2D eigenvalue weighted by molar-refractivity contribution is 0.0467. The summed E-state index contributed by atoms with van der Waals surface area (Å²) in [6.07, 6.45) is 0.689. The minimum absolute atomic E-state index is 0.0384. The maximum Gasteiger partial charge on any atom is 0.341 e. The molecule has 6 heteroatoms. The van der Waals surface area contributed by atoms with E-state index in [-0.39, 0.29) is 12.2 Å². The number of nitrogens with one attached hydrogen (secondary N) is 2. The van der Waals surface area contributed by atoms with Crippen molar-refractivity contribution in [3.8, 4) is 0 Å². The molecule has 5 nitrogen and oxygen atoms in total. The highest BCUT2D eigenvalue weighted by Crippen LogP contribution is 2.17. The monoisotopic (exact) mass is 392 g/mol. The maximum absolute atomic E-state index is 14.0. The van der Waals surface area contributed by atoms with E-state index in [4.69, 9.17) is 4.74 Å². The lowest BCUT2D eigenvalue weighted by atomic mass is 10.1. The van der Waals surface area contributed by atoms with Crippen LogP contribution in [0.5, 0.6) is 0 Å². The van der Waals surface area contributed by atoms with Gasteiger partial charge in [-0.25, -0.2) is 14.0 Å². The third kappa shape index (κ3) is 6.17. The average Bonchev–Trinajstić information content (AvgIpc) is 2.75. The van der Waals surface area contributed by atoms with E-state index < -0.39 is 17.8 Å². The summed E-state index contributed by atoms with van der Waals surface area (Å²) >= 11 is 0. The van der Waals surface area contributed by atoms with E-state index >= 15 is 0 Å². The Bertz CT molecular complexity index is 962. The van der Waals surface area contributed by atoms with Crippen molar-refractivity contribution in [2.45, 2.75) is 13.0 Å². The molecule has 29 heavy (non-hydrogen) atoms. The predicted molar refractivity (Wildman–Crippen MR) is 109 cm³/mol. The molecule has 148 valence electrons. The van der Waals surface area contributed by atoms with Crippen LogP contribution in [0.3, 0.4) is 0 Å². The molecule has 3 aromatic carbocycles. The first-order chi connectivity index (χ1) is 14.1. The summed E-state index contributed by atoms with van der Waals surface area (Å²) in [6, 6.07) is 22.2. The van der Waals surface area contributed by atoms with Crippen LogP contribution in [0, 0.1) is 5.82 Å². The van der Waals surface area contributed by atoms with Crippen LogP contribution in [0.4, 0.5) is 14.9 Å². The standard InChI is InChI=1S/C23H21FN2O3/c24-21-12-11-19(26-23(28)25-14-13-17-7-3-1-4-8-17)15-20(21)22(27)29-16-18-9-5-2-6-10-18/h1-12,15H,13-14,16H2,(H2,25,26,28). The van der Waals surface area contributed by atoms with Crippen molar-refractivity contribution >= 4 is 17.7 Å². The Balaban J connectivity index is 1.53. The first kappa shape index (κ1) is 20.1. The Morgan fingerprint density at radius 2 is 1.52 bits per heavy atom. The molecular weight excluding hydrogens is 371 g/mol. The van der Waals surface area contributed by atoms with Crippen LogP contribution in [0.2, 0.25) is 0 Å². The van der Waals surface area contributed by atoms with Crippen molar-refractivity contribution in [1.82, 2.24) is 5.32 Å². The number of halogens is 1. The Hall–Kier alpha value is -3.67. The van der Waals surface area contributed by atoms with Crippen LogP contribution in [-0.4, -0.2) is 18.5 Å². The fourth-order valence-electron chi connectivity index (χ4n) is 2.70. The molecule has 0 aromatic heterocycles. The molecule has 3 rings (SSSR count). The van der Waals surface area contributed by atoms with Gasteiger partial charge in [0.2, 0.25) is 0 Å². The van der Waals surface area contributed by atoms with E-state index in [2.05, 4.69) is 10.6 Å². The number of benzene rings is 3. The van der Waals surface area contributed by atoms with E-state index in [1.165, 1.54) is 12.1 Å². The van der Waals surface area contributed by atoms with E-state index in [0.717, 1.165) is 17.2 Å². The van der Waals surface area contributed by atoms with Gasteiger partial charge in [0.1, 0.15) is 12.4 Å². The average molecular weight is 392 g/mol. The highest BCUT2D eigenvalue weighted by atomic mass is 19.1. The SMILES string of the molecule is O=C(NCCc1ccccc1)Nc1ccc(F)c(C(=O)OCc2ccccc2)c1. The van der Waals surface area contributed by atoms with Gasteiger partial charge < -0.3 is 15.4 Å². The molecular formula is C23H21FN2O3. The first-order valence-corrected chi connectivity index (χ1v) is 9.21. The fraction of sp³-hybridized carbons (Fsp3) is 0.130. The van der Waals surface area contributed by atoms with Gasteiger partial charge in [0.05, 0.1) is 5.56 Å². The van der Waals surface area contributed by atoms with Gasteiger partial charge in [-0.2, -0.15) is 0 Å². The lowest BCUT2D eigenvalue weighted by Crippen LogP contribution is -2.30. The van der Waals surface area contributed by atoms with E-state index in [1.807, 2.05) is 48.5 Å². The molecule has 0 radical (unpaired) electrons. The fourth-order valence-corrected chi connectivity index (χ4v) is 2.70. The molecule has 0 saturated heterocycles. The largest absolute Gasteiger partial charge is 0.457 e. The predicted octanol–water partition coefficient (Wildman–Crippen LogP) is 4.55. The van der Waals surface area contributed by atoms with Gasteiger partial charge in [-0.3, -0.25) is 0 Å². The molecule has 0 saturated carbocycles. The van der Waals surface area contributed by atoms with Crippen molar-refractivity contribution in [3.05, 3.63) is 101 Å². The summed E-state index contributed by atoms with van der Waals surface area (Å²) in [6.45, 7) is 0.486. The van der Waals surface area contributed by atoms with Gasteiger partial charge in [0.25, 0.3) is 0 Å². The summed E-state index contributed by atoms with van der Waals surface area (Å²) in [5, 5.41) is 5.33. The second kappa shape index (κ2) is 10.0. The molecule has 0 aliphatic heterocycles. The zero-order valence-electron chi connectivity index (χ0n) is 15.7. The van der Waals surface area contributed by atoms with Crippen molar-refractivity contribution in [2.24, 2.45) is 0 Å². The molecule has 0 heterocycles. The highest BCUT2D eigenvalue weighted by molar-refractivity contribution is 5.94. The number of urea groups is 1. The molecule has 3 aromatic rings. The van der Waals surface area contributed by atoms with Gasteiger partial charge >= 0.3 is 12.0 Å². The summed E-state index contributed by atoms with van der Waals surface area (Å²) in [4.78, 5) is 24.3. The number of esters is 1. The van der Waals surface area contributed by atoms with E-state index in [1.54, 1.807) is 12.1 Å². The number of hydrogen-bond donors (Lipinski definition) is 2. The molecule has 0 atom stereocenters. The van der Waals surface area contributed by atoms with Crippen molar-refractivity contribution < 1.29 is 18.7 Å². The summed E-state index contributed by atoms with van der Waals surface area (Å²) in [5.41, 5.74) is 1.98. The van der Waals surface area contributed by atoms with Crippen LogP contribution < -0.4 is 10.6 Å². The van der Waals surface area contributed by atoms with Gasteiger partial charge in [-0.1, -0.05) is 60.7 Å². The Labute approximate surface area is 168 Å². The Morgan fingerprint density at radius 3 is 2.21 bits per heavy atom. The number of hydrogen-bond acceptors (Lipinski definition) is 3. The van der Waals surface area contributed by atoms with Crippen molar-refractivity contribution in [3.63, 3.8) is 0 Å². The lowest BCUT2D eigenvalue weighted by Gasteiger charge is -2.10. The molecule has 0 aliphatic carbocycles. The first-order valence-electron chi connectivity index (χ1n) is 9.21. The van der Waals surface area contributed by atoms with E-state index in [9.17, 15) is 14.0 Å². The van der Waals surface area contributed by atoms with Gasteiger partial charge in [0.15, 0.2) is 0 Å². The maximum atomic E-state index is 14.0. The number of anilines is 1. The van der Waals surface area contributed by atoms with Crippen LogP contribution in [0.1, 0.15) is 21.5 Å². The normalized spacial score (nSPS) is 10.2. The third-order valence-electron chi connectivity index (χ3n) is 4.20. The quantitative estimate of drug-likeness (QED) is 0.580. The van der Waals surface area contributed by atoms with Crippen molar-refractivity contribution in [2.75, 3.05) is 11.9 Å². The van der Waals surface area contributed by atoms with Gasteiger partial charge in [-0.15, -0.1) is 0 Å². The molecule has 0 unspecified atom stereocenters. The number of ether oxygens (including phenoxy) is 1. The smallest absolute Gasteiger partial charge is 0.341 e. The Morgan fingerprint density at radius 1 is 0.862 bits per heavy atom. The second-order valence-electron chi connectivity index (χ2n) is 6.37. The number of amides is 2. The van der Waals surface area contributed by atoms with E-state index in [0.29, 0.717) is 18.7 Å². The minimum Gasteiger partial charge on any atom is -0.457 e. The molecule has 2 N–H and O–H groups in total. The van der Waals surface area contributed by atoms with Crippen molar-refractivity contribution in [1.29, 1.82) is 0 Å². The molecule has 0 spiro atoms. The number of rotatable bonds is 7. The molecule has 0 bridgehead atoms. The topological polar surface area (TPSA) is 67.4 Å². The second-order valence-corrected chi connectivity index (χ2v) is 6.37. The number of carbonyl (C=O) groups is 2. The zero-order valence-corrected chi connectivity index (χ0v) is 15.7.